The first kappa shape index (κ1) is 23.4. The largest absolute Gasteiger partial charge is 0.480 e. The number of nitrogens with zero attached hydrogens (tertiary/aromatic N) is 2. The zero-order chi connectivity index (χ0) is 23.9. The number of carboxylic acids is 1. The van der Waals surface area contributed by atoms with Gasteiger partial charge in [0, 0.05) is 17.3 Å². The van der Waals surface area contributed by atoms with Crippen LogP contribution in [0.15, 0.2) is 47.8 Å². The van der Waals surface area contributed by atoms with Crippen molar-refractivity contribution < 1.29 is 14.7 Å². The van der Waals surface area contributed by atoms with Gasteiger partial charge in [0.2, 0.25) is 5.91 Å². The third-order valence-corrected chi connectivity index (χ3v) is 7.38. The molecule has 1 unspecified atom stereocenters. The second-order valence-corrected chi connectivity index (χ2v) is 11.2. The van der Waals surface area contributed by atoms with Crippen LogP contribution in [0, 0.1) is 12.8 Å². The first-order chi connectivity index (χ1) is 15.6. The van der Waals surface area contributed by atoms with E-state index >= 15 is 0 Å². The van der Waals surface area contributed by atoms with Gasteiger partial charge in [-0.2, -0.15) is 0 Å². The first-order valence-electron chi connectivity index (χ1n) is 11.4. The van der Waals surface area contributed by atoms with E-state index in [-0.39, 0.29) is 11.8 Å². The number of carboxylic acid groups (broad SMARTS) is 1. The lowest BCUT2D eigenvalue weighted by atomic mass is 9.99. The molecule has 4 rings (SSSR count). The molecule has 3 aromatic rings. The highest BCUT2D eigenvalue weighted by Crippen LogP contribution is 2.44. The SMILES string of the molecule is Cc1cnc(SC(C)(C)C(=O)NC(C(=O)O)C(C)C)n1-c1ccc(C2CC2)c2ccccc12. The van der Waals surface area contributed by atoms with Crippen molar-refractivity contribution in [1.29, 1.82) is 0 Å². The topological polar surface area (TPSA) is 84.2 Å². The Bertz CT molecular complexity index is 1210. The molecule has 0 bridgehead atoms. The summed E-state index contributed by atoms with van der Waals surface area (Å²) in [5, 5.41) is 15.3. The van der Waals surface area contributed by atoms with Crippen LogP contribution in [0.3, 0.4) is 0 Å². The van der Waals surface area contributed by atoms with E-state index in [1.807, 2.05) is 13.1 Å². The van der Waals surface area contributed by atoms with Gasteiger partial charge >= 0.3 is 5.97 Å². The quantitative estimate of drug-likeness (QED) is 0.441. The van der Waals surface area contributed by atoms with Gasteiger partial charge in [-0.25, -0.2) is 9.78 Å². The number of thioether (sulfide) groups is 1. The fourth-order valence-corrected chi connectivity index (χ4v) is 5.18. The fraction of sp³-hybridized carbons (Fsp3) is 0.423. The van der Waals surface area contributed by atoms with Crippen molar-refractivity contribution in [3.8, 4) is 5.69 Å². The third kappa shape index (κ3) is 4.64. The van der Waals surface area contributed by atoms with Crippen molar-refractivity contribution >= 4 is 34.4 Å². The Morgan fingerprint density at radius 3 is 2.42 bits per heavy atom. The van der Waals surface area contributed by atoms with Gasteiger partial charge < -0.3 is 10.4 Å². The Morgan fingerprint density at radius 1 is 1.15 bits per heavy atom. The van der Waals surface area contributed by atoms with Crippen LogP contribution in [0.5, 0.6) is 0 Å². The van der Waals surface area contributed by atoms with E-state index in [2.05, 4.69) is 51.3 Å². The molecule has 1 fully saturated rings. The molecule has 7 heteroatoms. The van der Waals surface area contributed by atoms with Crippen LogP contribution in [0.4, 0.5) is 0 Å². The molecule has 1 aliphatic carbocycles. The monoisotopic (exact) mass is 465 g/mol. The summed E-state index contributed by atoms with van der Waals surface area (Å²) in [6, 6.07) is 11.9. The second kappa shape index (κ2) is 8.86. The van der Waals surface area contributed by atoms with E-state index in [0.717, 1.165) is 16.8 Å². The summed E-state index contributed by atoms with van der Waals surface area (Å²) >= 11 is 1.34. The number of aryl methyl sites for hydroxylation is 1. The number of carbonyl (C=O) groups is 2. The molecule has 1 saturated carbocycles. The molecule has 6 nitrogen and oxygen atoms in total. The molecule has 1 amide bonds. The summed E-state index contributed by atoms with van der Waals surface area (Å²) < 4.78 is 1.18. The maximum absolute atomic E-state index is 13.0. The highest BCUT2D eigenvalue weighted by atomic mass is 32.2. The van der Waals surface area contributed by atoms with E-state index in [9.17, 15) is 14.7 Å². The van der Waals surface area contributed by atoms with Crippen LogP contribution in [-0.4, -0.2) is 37.3 Å². The van der Waals surface area contributed by atoms with Crippen molar-refractivity contribution in [2.45, 2.75) is 69.3 Å². The lowest BCUT2D eigenvalue weighted by Crippen LogP contribution is -2.50. The van der Waals surface area contributed by atoms with Gasteiger partial charge in [-0.1, -0.05) is 55.9 Å². The standard InChI is InChI=1S/C26H31N3O3S/c1-15(2)22(23(30)31)28-24(32)26(4,5)33-25-27-14-16(3)29(25)21-13-12-18(17-10-11-17)19-8-6-7-9-20(19)21/h6-9,12-15,17,22H,10-11H2,1-5H3,(H,28,32)(H,30,31). The van der Waals surface area contributed by atoms with Crippen molar-refractivity contribution in [2.24, 2.45) is 5.92 Å². The zero-order valence-electron chi connectivity index (χ0n) is 19.8. The zero-order valence-corrected chi connectivity index (χ0v) is 20.6. The van der Waals surface area contributed by atoms with Crippen molar-refractivity contribution in [3.63, 3.8) is 0 Å². The van der Waals surface area contributed by atoms with E-state index in [0.29, 0.717) is 11.1 Å². The molecule has 0 aliphatic heterocycles. The number of carbonyl (C=O) groups excluding carboxylic acids is 1. The van der Waals surface area contributed by atoms with Gasteiger partial charge in [-0.15, -0.1) is 0 Å². The van der Waals surface area contributed by atoms with Crippen molar-refractivity contribution in [2.75, 3.05) is 0 Å². The van der Waals surface area contributed by atoms with Crippen LogP contribution in [0.2, 0.25) is 0 Å². The van der Waals surface area contributed by atoms with E-state index in [4.69, 9.17) is 0 Å². The summed E-state index contributed by atoms with van der Waals surface area (Å²) in [4.78, 5) is 29.2. The molecule has 33 heavy (non-hydrogen) atoms. The van der Waals surface area contributed by atoms with Gasteiger partial charge in [-0.05, 0) is 62.5 Å². The van der Waals surface area contributed by atoms with E-state index < -0.39 is 16.8 Å². The molecule has 1 aliphatic rings. The molecular formula is C26H31N3O3S. The molecular weight excluding hydrogens is 434 g/mol. The molecule has 1 heterocycles. The van der Waals surface area contributed by atoms with E-state index in [1.165, 1.54) is 35.6 Å². The van der Waals surface area contributed by atoms with Crippen LogP contribution in [0.1, 0.15) is 57.7 Å². The lowest BCUT2D eigenvalue weighted by molar-refractivity contribution is -0.143. The lowest BCUT2D eigenvalue weighted by Gasteiger charge is -2.27. The van der Waals surface area contributed by atoms with Crippen LogP contribution in [-0.2, 0) is 9.59 Å². The van der Waals surface area contributed by atoms with Crippen molar-refractivity contribution in [1.82, 2.24) is 14.9 Å². The number of rotatable bonds is 8. The Morgan fingerprint density at radius 2 is 1.82 bits per heavy atom. The van der Waals surface area contributed by atoms with Gasteiger partial charge in [0.1, 0.15) is 6.04 Å². The number of hydrogen-bond acceptors (Lipinski definition) is 4. The van der Waals surface area contributed by atoms with Gasteiger partial charge in [0.05, 0.1) is 10.4 Å². The minimum Gasteiger partial charge on any atom is -0.480 e. The molecule has 0 saturated heterocycles. The number of nitrogens with one attached hydrogen (secondary N) is 1. The summed E-state index contributed by atoms with van der Waals surface area (Å²) in [6.07, 6.45) is 4.30. The van der Waals surface area contributed by atoms with E-state index in [1.54, 1.807) is 27.7 Å². The second-order valence-electron chi connectivity index (χ2n) is 9.66. The predicted molar refractivity (Wildman–Crippen MR) is 132 cm³/mol. The number of aliphatic carboxylic acids is 1. The molecule has 1 atom stereocenters. The maximum atomic E-state index is 13.0. The van der Waals surface area contributed by atoms with Gasteiger partial charge in [0.25, 0.3) is 0 Å². The molecule has 2 aromatic carbocycles. The van der Waals surface area contributed by atoms with Crippen molar-refractivity contribution in [3.05, 3.63) is 53.9 Å². The predicted octanol–water partition coefficient (Wildman–Crippen LogP) is 5.31. The summed E-state index contributed by atoms with van der Waals surface area (Å²) in [5.74, 6) is -0.922. The number of imidazole rings is 1. The summed E-state index contributed by atoms with van der Waals surface area (Å²) in [5.41, 5.74) is 3.41. The first-order valence-corrected chi connectivity index (χ1v) is 12.2. The molecule has 0 radical (unpaired) electrons. The number of benzene rings is 2. The van der Waals surface area contributed by atoms with Gasteiger partial charge in [-0.3, -0.25) is 9.36 Å². The summed E-state index contributed by atoms with van der Waals surface area (Å²) in [7, 11) is 0. The molecule has 1 aromatic heterocycles. The molecule has 0 spiro atoms. The number of hydrogen-bond donors (Lipinski definition) is 2. The Kier molecular flexibility index (Phi) is 6.27. The third-order valence-electron chi connectivity index (χ3n) is 6.21. The average Bonchev–Trinajstić information content (AvgIpc) is 3.54. The highest BCUT2D eigenvalue weighted by Gasteiger charge is 2.35. The van der Waals surface area contributed by atoms with Crippen LogP contribution in [0.25, 0.3) is 16.5 Å². The molecule has 2 N–H and O–H groups in total. The van der Waals surface area contributed by atoms with Crippen LogP contribution >= 0.6 is 11.8 Å². The minimum absolute atomic E-state index is 0.215. The minimum atomic E-state index is -1.03. The fourth-order valence-electron chi connectivity index (χ4n) is 4.13. The van der Waals surface area contributed by atoms with Crippen LogP contribution < -0.4 is 5.32 Å². The summed E-state index contributed by atoms with van der Waals surface area (Å²) in [6.45, 7) is 9.17. The number of fused-ring (bicyclic) bond motifs is 1. The average molecular weight is 466 g/mol. The number of aromatic nitrogens is 2. The maximum Gasteiger partial charge on any atom is 0.326 e. The van der Waals surface area contributed by atoms with Gasteiger partial charge in [0.15, 0.2) is 5.16 Å². The molecule has 174 valence electrons. The Labute approximate surface area is 198 Å². The number of amides is 1. The normalized spacial score (nSPS) is 15.1. The highest BCUT2D eigenvalue weighted by molar-refractivity contribution is 8.01. The Balaban J connectivity index is 1.69. The smallest absolute Gasteiger partial charge is 0.326 e. The Hall–Kier alpha value is -2.80.